The number of hydrogen-bond acceptors (Lipinski definition) is 8. The number of ether oxygens (including phenoxy) is 2. The van der Waals surface area contributed by atoms with Crippen LogP contribution in [-0.2, 0) is 6.54 Å². The largest absolute Gasteiger partial charge is 0.497 e. The maximum absolute atomic E-state index is 5.39. The second kappa shape index (κ2) is 10.2. The molecule has 5 rings (SSSR count). The summed E-state index contributed by atoms with van der Waals surface area (Å²) in [4.78, 5) is 6.11. The standard InChI is InChI=1S/C25H28N6O2S/c1-32-21-9-5-19(6-10-21)24(25-26-27-28-31(25)18-23-4-3-17-34-23)30-15-13-29(14-16-30)20-7-11-22(33-2)12-8-20/h3-12,17,24H,13-16,18H2,1-2H3/t24-/m0/s1. The first kappa shape index (κ1) is 22.4. The summed E-state index contributed by atoms with van der Waals surface area (Å²) in [7, 11) is 3.38. The molecule has 8 nitrogen and oxygen atoms in total. The number of hydrogen-bond donors (Lipinski definition) is 0. The van der Waals surface area contributed by atoms with Crippen molar-refractivity contribution in [2.45, 2.75) is 12.6 Å². The summed E-state index contributed by atoms with van der Waals surface area (Å²) in [6, 6.07) is 20.6. The third-order valence-electron chi connectivity index (χ3n) is 6.24. The number of methoxy groups -OCH3 is 2. The molecule has 1 aliphatic heterocycles. The van der Waals surface area contributed by atoms with E-state index in [1.807, 2.05) is 28.9 Å². The van der Waals surface area contributed by atoms with Gasteiger partial charge in [0, 0.05) is 36.7 Å². The first-order chi connectivity index (χ1) is 16.7. The zero-order chi connectivity index (χ0) is 23.3. The van der Waals surface area contributed by atoms with Gasteiger partial charge < -0.3 is 14.4 Å². The Morgan fingerprint density at radius 2 is 1.56 bits per heavy atom. The number of piperazine rings is 1. The summed E-state index contributed by atoms with van der Waals surface area (Å²) in [6.45, 7) is 4.30. The molecular weight excluding hydrogens is 448 g/mol. The third-order valence-corrected chi connectivity index (χ3v) is 7.10. The monoisotopic (exact) mass is 476 g/mol. The van der Waals surface area contributed by atoms with Gasteiger partial charge in [0.05, 0.1) is 26.8 Å². The van der Waals surface area contributed by atoms with Gasteiger partial charge in [-0.2, -0.15) is 0 Å². The Bertz CT molecular complexity index is 1170. The average molecular weight is 477 g/mol. The summed E-state index contributed by atoms with van der Waals surface area (Å²) in [5.74, 6) is 2.57. The Hall–Kier alpha value is -3.43. The highest BCUT2D eigenvalue weighted by molar-refractivity contribution is 7.09. The second-order valence-electron chi connectivity index (χ2n) is 8.17. The van der Waals surface area contributed by atoms with E-state index in [0.717, 1.165) is 49.1 Å². The smallest absolute Gasteiger partial charge is 0.173 e. The average Bonchev–Trinajstić information content (AvgIpc) is 3.58. The fourth-order valence-electron chi connectivity index (χ4n) is 4.41. The van der Waals surface area contributed by atoms with Crippen LogP contribution < -0.4 is 14.4 Å². The van der Waals surface area contributed by atoms with Crippen LogP contribution in [0.5, 0.6) is 11.5 Å². The van der Waals surface area contributed by atoms with E-state index in [2.05, 4.69) is 67.1 Å². The number of anilines is 1. The minimum atomic E-state index is -0.0427. The molecule has 176 valence electrons. The van der Waals surface area contributed by atoms with Crippen molar-refractivity contribution in [3.05, 3.63) is 82.3 Å². The molecule has 0 bridgehead atoms. The van der Waals surface area contributed by atoms with Crippen molar-refractivity contribution in [2.75, 3.05) is 45.3 Å². The van der Waals surface area contributed by atoms with E-state index in [4.69, 9.17) is 9.47 Å². The van der Waals surface area contributed by atoms with Crippen LogP contribution in [0.15, 0.2) is 66.0 Å². The Morgan fingerprint density at radius 3 is 2.18 bits per heavy atom. The molecule has 9 heteroatoms. The zero-order valence-electron chi connectivity index (χ0n) is 19.4. The van der Waals surface area contributed by atoms with E-state index in [1.54, 1.807) is 25.6 Å². The lowest BCUT2D eigenvalue weighted by molar-refractivity contribution is 0.201. The van der Waals surface area contributed by atoms with Crippen molar-refractivity contribution in [2.24, 2.45) is 0 Å². The summed E-state index contributed by atoms with van der Waals surface area (Å²) < 4.78 is 12.6. The lowest BCUT2D eigenvalue weighted by atomic mass is 10.0. The van der Waals surface area contributed by atoms with Gasteiger partial charge >= 0.3 is 0 Å². The highest BCUT2D eigenvalue weighted by Gasteiger charge is 2.31. The van der Waals surface area contributed by atoms with Gasteiger partial charge in [-0.3, -0.25) is 4.90 Å². The van der Waals surface area contributed by atoms with Crippen molar-refractivity contribution < 1.29 is 9.47 Å². The van der Waals surface area contributed by atoms with Crippen LogP contribution in [-0.4, -0.2) is 65.5 Å². The van der Waals surface area contributed by atoms with Gasteiger partial charge in [0.1, 0.15) is 11.5 Å². The molecule has 2 aromatic carbocycles. The van der Waals surface area contributed by atoms with Gasteiger partial charge in [-0.1, -0.05) is 18.2 Å². The van der Waals surface area contributed by atoms with E-state index >= 15 is 0 Å². The van der Waals surface area contributed by atoms with Crippen molar-refractivity contribution in [3.8, 4) is 11.5 Å². The summed E-state index contributed by atoms with van der Waals surface area (Å²) in [6.07, 6.45) is 0. The minimum Gasteiger partial charge on any atom is -0.497 e. The summed E-state index contributed by atoms with van der Waals surface area (Å²) in [5, 5.41) is 15.0. The van der Waals surface area contributed by atoms with E-state index in [-0.39, 0.29) is 6.04 Å². The number of tetrazole rings is 1. The molecule has 0 N–H and O–H groups in total. The van der Waals surface area contributed by atoms with Crippen LogP contribution in [0.2, 0.25) is 0 Å². The van der Waals surface area contributed by atoms with Crippen LogP contribution in [0.1, 0.15) is 22.3 Å². The number of nitrogens with zero attached hydrogens (tertiary/aromatic N) is 6. The third kappa shape index (κ3) is 4.76. The number of rotatable bonds is 8. The van der Waals surface area contributed by atoms with Gasteiger partial charge in [-0.25, -0.2) is 4.68 Å². The van der Waals surface area contributed by atoms with Crippen LogP contribution in [0.25, 0.3) is 0 Å². The molecular formula is C25H28N6O2S. The van der Waals surface area contributed by atoms with Crippen LogP contribution >= 0.6 is 11.3 Å². The summed E-state index contributed by atoms with van der Waals surface area (Å²) in [5.41, 5.74) is 2.37. The molecule has 0 spiro atoms. The van der Waals surface area contributed by atoms with E-state index in [1.165, 1.54) is 10.6 Å². The Morgan fingerprint density at radius 1 is 0.882 bits per heavy atom. The normalized spacial score (nSPS) is 15.3. The Labute approximate surface area is 203 Å². The van der Waals surface area contributed by atoms with E-state index < -0.39 is 0 Å². The molecule has 1 fully saturated rings. The molecule has 1 atom stereocenters. The molecule has 1 aliphatic rings. The second-order valence-corrected chi connectivity index (χ2v) is 9.20. The maximum Gasteiger partial charge on any atom is 0.173 e. The number of aromatic nitrogens is 4. The van der Waals surface area contributed by atoms with E-state index in [9.17, 15) is 0 Å². The highest BCUT2D eigenvalue weighted by atomic mass is 32.1. The molecule has 4 aromatic rings. The van der Waals surface area contributed by atoms with Gasteiger partial charge in [0.25, 0.3) is 0 Å². The Kier molecular flexibility index (Phi) is 6.73. The fourth-order valence-corrected chi connectivity index (χ4v) is 5.10. The predicted octanol–water partition coefficient (Wildman–Crippen LogP) is 3.71. The molecule has 0 aliphatic carbocycles. The summed E-state index contributed by atoms with van der Waals surface area (Å²) >= 11 is 1.72. The fraction of sp³-hybridized carbons (Fsp3) is 0.320. The van der Waals surface area contributed by atoms with Gasteiger partial charge in [0.2, 0.25) is 0 Å². The van der Waals surface area contributed by atoms with Crippen molar-refractivity contribution in [1.29, 1.82) is 0 Å². The maximum atomic E-state index is 5.39. The quantitative estimate of drug-likeness (QED) is 0.384. The topological polar surface area (TPSA) is 68.5 Å². The molecule has 0 radical (unpaired) electrons. The van der Waals surface area contributed by atoms with Crippen LogP contribution in [0.3, 0.4) is 0 Å². The zero-order valence-corrected chi connectivity index (χ0v) is 20.2. The van der Waals surface area contributed by atoms with Crippen molar-refractivity contribution >= 4 is 17.0 Å². The predicted molar refractivity (Wildman–Crippen MR) is 133 cm³/mol. The van der Waals surface area contributed by atoms with Crippen molar-refractivity contribution in [1.82, 2.24) is 25.1 Å². The van der Waals surface area contributed by atoms with E-state index in [0.29, 0.717) is 6.54 Å². The van der Waals surface area contributed by atoms with Crippen molar-refractivity contribution in [3.63, 3.8) is 0 Å². The van der Waals surface area contributed by atoms with Crippen LogP contribution in [0.4, 0.5) is 5.69 Å². The highest BCUT2D eigenvalue weighted by Crippen LogP contribution is 2.31. The molecule has 1 saturated heterocycles. The minimum absolute atomic E-state index is 0.0427. The lowest BCUT2D eigenvalue weighted by Gasteiger charge is -2.40. The van der Waals surface area contributed by atoms with Gasteiger partial charge in [-0.05, 0) is 63.8 Å². The van der Waals surface area contributed by atoms with Gasteiger partial charge in [0.15, 0.2) is 5.82 Å². The van der Waals surface area contributed by atoms with Crippen LogP contribution in [0, 0.1) is 0 Å². The van der Waals surface area contributed by atoms with Gasteiger partial charge in [-0.15, -0.1) is 16.4 Å². The molecule has 34 heavy (non-hydrogen) atoms. The molecule has 0 unspecified atom stereocenters. The first-order valence-corrected chi connectivity index (χ1v) is 12.2. The molecule has 2 aromatic heterocycles. The molecule has 0 saturated carbocycles. The first-order valence-electron chi connectivity index (χ1n) is 11.3. The number of thiophene rings is 1. The molecule has 0 amide bonds. The Balaban J connectivity index is 1.40. The lowest BCUT2D eigenvalue weighted by Crippen LogP contribution is -2.48. The molecule has 3 heterocycles. The SMILES string of the molecule is COc1ccc([C@@H](c2nnnn2Cc2cccs2)N2CCN(c3ccc(OC)cc3)CC2)cc1. The number of benzene rings is 2.